The Morgan fingerprint density at radius 1 is 1.24 bits per heavy atom. The van der Waals surface area contributed by atoms with E-state index in [1.54, 1.807) is 32.0 Å². The highest BCUT2D eigenvalue weighted by molar-refractivity contribution is 7.17. The Balaban J connectivity index is 1.74. The van der Waals surface area contributed by atoms with Gasteiger partial charge >= 0.3 is 5.97 Å². The van der Waals surface area contributed by atoms with Gasteiger partial charge in [-0.15, -0.1) is 11.3 Å². The third-order valence-corrected chi connectivity index (χ3v) is 7.74. The fourth-order valence-corrected chi connectivity index (χ4v) is 6.13. The third kappa shape index (κ3) is 4.54. The van der Waals surface area contributed by atoms with E-state index < -0.39 is 11.9 Å². The van der Waals surface area contributed by atoms with E-state index in [9.17, 15) is 9.59 Å². The maximum atomic E-state index is 13.4. The number of anilines is 1. The lowest BCUT2D eigenvalue weighted by molar-refractivity contribution is 0.0526. The number of halogens is 2. The first-order chi connectivity index (χ1) is 15.8. The number of carbonyl (C=O) groups is 2. The topological polar surface area (TPSA) is 81.4 Å². The zero-order chi connectivity index (χ0) is 23.7. The van der Waals surface area contributed by atoms with E-state index >= 15 is 0 Å². The lowest BCUT2D eigenvalue weighted by Gasteiger charge is -2.20. The highest BCUT2D eigenvalue weighted by Gasteiger charge is 2.32. The Labute approximate surface area is 206 Å². The Kier molecular flexibility index (Phi) is 7.12. The number of rotatable bonds is 6. The molecule has 0 aliphatic heterocycles. The normalized spacial score (nSPS) is 15.2. The second kappa shape index (κ2) is 9.87. The number of hydrogen-bond donors (Lipinski definition) is 1. The standard InChI is InChI=1S/C24H24Cl2N2O4S/c1-4-13-9-10-14-17(11-13)33-23(19(14)24(30)31-5-2)27-22(29)18-12(3)32-28-21(18)20-15(25)7-6-8-16(20)26/h6-8,13H,4-5,9-11H2,1-3H3,(H,27,29)/t13-/m0/s1. The van der Waals surface area contributed by atoms with E-state index in [1.165, 1.54) is 11.3 Å². The number of fused-ring (bicyclic) bond motifs is 1. The number of esters is 1. The van der Waals surface area contributed by atoms with Crippen molar-refractivity contribution in [3.8, 4) is 11.3 Å². The molecule has 1 aliphatic rings. The summed E-state index contributed by atoms with van der Waals surface area (Å²) in [5.74, 6) is 0.0279. The molecule has 1 amide bonds. The van der Waals surface area contributed by atoms with Gasteiger partial charge in [-0.2, -0.15) is 0 Å². The van der Waals surface area contributed by atoms with Crippen LogP contribution in [0.25, 0.3) is 11.3 Å². The van der Waals surface area contributed by atoms with Crippen molar-refractivity contribution in [1.82, 2.24) is 5.16 Å². The molecule has 2 aromatic heterocycles. The second-order valence-corrected chi connectivity index (χ2v) is 9.88. The largest absolute Gasteiger partial charge is 0.462 e. The first-order valence-corrected chi connectivity index (χ1v) is 12.5. The molecule has 0 unspecified atom stereocenters. The molecule has 2 heterocycles. The SMILES string of the molecule is CCOC(=O)c1c(NC(=O)c2c(-c3c(Cl)cccc3Cl)noc2C)sc2c1CC[C@H](CC)C2. The highest BCUT2D eigenvalue weighted by Crippen LogP contribution is 2.42. The zero-order valence-electron chi connectivity index (χ0n) is 18.6. The van der Waals surface area contributed by atoms with E-state index in [-0.39, 0.29) is 17.9 Å². The number of benzene rings is 1. The van der Waals surface area contributed by atoms with Gasteiger partial charge in [0.15, 0.2) is 0 Å². The van der Waals surface area contributed by atoms with Gasteiger partial charge in [-0.05, 0) is 56.7 Å². The maximum absolute atomic E-state index is 13.4. The van der Waals surface area contributed by atoms with Crippen molar-refractivity contribution in [2.24, 2.45) is 5.92 Å². The van der Waals surface area contributed by atoms with E-state index in [0.717, 1.165) is 36.1 Å². The Bertz CT molecular complexity index is 1200. The van der Waals surface area contributed by atoms with Gasteiger partial charge in [0.05, 0.1) is 22.2 Å². The van der Waals surface area contributed by atoms with Crippen molar-refractivity contribution < 1.29 is 18.8 Å². The van der Waals surface area contributed by atoms with Crippen LogP contribution in [0.5, 0.6) is 0 Å². The van der Waals surface area contributed by atoms with E-state index in [4.69, 9.17) is 32.5 Å². The average Bonchev–Trinajstić information content (AvgIpc) is 3.33. The second-order valence-electron chi connectivity index (χ2n) is 7.96. The number of nitrogens with one attached hydrogen (secondary N) is 1. The summed E-state index contributed by atoms with van der Waals surface area (Å²) in [6, 6.07) is 5.06. The van der Waals surface area contributed by atoms with Crippen LogP contribution in [0.15, 0.2) is 22.7 Å². The molecule has 4 rings (SSSR count). The number of amides is 1. The summed E-state index contributed by atoms with van der Waals surface area (Å²) in [4.78, 5) is 27.4. The molecular formula is C24H24Cl2N2O4S. The third-order valence-electron chi connectivity index (χ3n) is 5.94. The zero-order valence-corrected chi connectivity index (χ0v) is 20.9. The van der Waals surface area contributed by atoms with Crippen LogP contribution in [0.2, 0.25) is 10.0 Å². The average molecular weight is 507 g/mol. The van der Waals surface area contributed by atoms with Crippen LogP contribution in [0.3, 0.4) is 0 Å². The summed E-state index contributed by atoms with van der Waals surface area (Å²) in [5, 5.41) is 8.17. The van der Waals surface area contributed by atoms with Crippen LogP contribution < -0.4 is 5.32 Å². The molecule has 0 spiro atoms. The lowest BCUT2D eigenvalue weighted by atomic mass is 9.85. The van der Waals surface area contributed by atoms with Crippen LogP contribution in [0.4, 0.5) is 5.00 Å². The monoisotopic (exact) mass is 506 g/mol. The van der Waals surface area contributed by atoms with Crippen molar-refractivity contribution in [3.63, 3.8) is 0 Å². The summed E-state index contributed by atoms with van der Waals surface area (Å²) >= 11 is 14.1. The molecular weight excluding hydrogens is 483 g/mol. The minimum absolute atomic E-state index is 0.220. The Hall–Kier alpha value is -2.35. The van der Waals surface area contributed by atoms with Crippen molar-refractivity contribution in [3.05, 3.63) is 55.6 Å². The van der Waals surface area contributed by atoms with Gasteiger partial charge in [-0.3, -0.25) is 4.79 Å². The molecule has 0 saturated heterocycles. The Morgan fingerprint density at radius 2 is 1.97 bits per heavy atom. The predicted molar refractivity (Wildman–Crippen MR) is 131 cm³/mol. The van der Waals surface area contributed by atoms with Gasteiger partial charge in [-0.1, -0.05) is 47.8 Å². The van der Waals surface area contributed by atoms with Gasteiger partial charge < -0.3 is 14.6 Å². The number of aromatic nitrogens is 1. The van der Waals surface area contributed by atoms with Gasteiger partial charge in [0.25, 0.3) is 5.91 Å². The molecule has 0 saturated carbocycles. The molecule has 3 aromatic rings. The molecule has 1 N–H and O–H groups in total. The molecule has 33 heavy (non-hydrogen) atoms. The summed E-state index contributed by atoms with van der Waals surface area (Å²) in [6.07, 6.45) is 3.78. The van der Waals surface area contributed by atoms with Crippen LogP contribution in [-0.4, -0.2) is 23.6 Å². The minimum Gasteiger partial charge on any atom is -0.462 e. The van der Waals surface area contributed by atoms with Gasteiger partial charge in [0.1, 0.15) is 22.0 Å². The molecule has 9 heteroatoms. The molecule has 174 valence electrons. The first kappa shape index (κ1) is 23.8. The summed E-state index contributed by atoms with van der Waals surface area (Å²) in [5.41, 5.74) is 2.33. The summed E-state index contributed by atoms with van der Waals surface area (Å²) in [7, 11) is 0. The number of nitrogens with zero attached hydrogens (tertiary/aromatic N) is 1. The smallest absolute Gasteiger partial charge is 0.341 e. The van der Waals surface area contributed by atoms with E-state index in [2.05, 4.69) is 17.4 Å². The number of ether oxygens (including phenoxy) is 1. The van der Waals surface area contributed by atoms with Crippen molar-refractivity contribution in [2.75, 3.05) is 11.9 Å². The van der Waals surface area contributed by atoms with Crippen molar-refractivity contribution in [1.29, 1.82) is 0 Å². The fraction of sp³-hybridized carbons (Fsp3) is 0.375. The van der Waals surface area contributed by atoms with Gasteiger partial charge in [-0.25, -0.2) is 4.79 Å². The van der Waals surface area contributed by atoms with E-state index in [1.807, 2.05) is 0 Å². The van der Waals surface area contributed by atoms with Crippen molar-refractivity contribution >= 4 is 51.4 Å². The van der Waals surface area contributed by atoms with Gasteiger partial charge in [0.2, 0.25) is 0 Å². The molecule has 0 bridgehead atoms. The van der Waals surface area contributed by atoms with Crippen molar-refractivity contribution in [2.45, 2.75) is 46.5 Å². The molecule has 1 atom stereocenters. The lowest BCUT2D eigenvalue weighted by Crippen LogP contribution is -2.17. The summed E-state index contributed by atoms with van der Waals surface area (Å²) < 4.78 is 10.6. The quantitative estimate of drug-likeness (QED) is 0.365. The summed E-state index contributed by atoms with van der Waals surface area (Å²) in [6.45, 7) is 5.85. The maximum Gasteiger partial charge on any atom is 0.341 e. The molecule has 1 aromatic carbocycles. The number of carbonyl (C=O) groups excluding carboxylic acids is 2. The van der Waals surface area contributed by atoms with Crippen LogP contribution in [0, 0.1) is 12.8 Å². The van der Waals surface area contributed by atoms with Crippen LogP contribution in [-0.2, 0) is 17.6 Å². The van der Waals surface area contributed by atoms with E-state index in [0.29, 0.717) is 37.9 Å². The van der Waals surface area contributed by atoms with Crippen LogP contribution in [0.1, 0.15) is 63.6 Å². The molecule has 1 aliphatic carbocycles. The predicted octanol–water partition coefficient (Wildman–Crippen LogP) is 6.96. The number of thiophene rings is 1. The fourth-order valence-electron chi connectivity index (χ4n) is 4.21. The molecule has 0 radical (unpaired) electrons. The number of hydrogen-bond acceptors (Lipinski definition) is 6. The highest BCUT2D eigenvalue weighted by atomic mass is 35.5. The van der Waals surface area contributed by atoms with Crippen LogP contribution >= 0.6 is 34.5 Å². The Morgan fingerprint density at radius 3 is 2.64 bits per heavy atom. The number of aryl methyl sites for hydroxylation is 1. The molecule has 0 fully saturated rings. The minimum atomic E-state index is -0.448. The first-order valence-electron chi connectivity index (χ1n) is 10.9. The van der Waals surface area contributed by atoms with Gasteiger partial charge in [0, 0.05) is 10.4 Å². The molecule has 6 nitrogen and oxygen atoms in total.